The third-order valence-electron chi connectivity index (χ3n) is 3.80. The molecule has 1 aromatic heterocycles. The van der Waals surface area contributed by atoms with Crippen LogP contribution in [0.2, 0.25) is 0 Å². The van der Waals surface area contributed by atoms with Gasteiger partial charge in [-0.05, 0) is 43.3 Å². The number of ether oxygens (including phenoxy) is 3. The summed E-state index contributed by atoms with van der Waals surface area (Å²) in [5.41, 5.74) is 2.97. The summed E-state index contributed by atoms with van der Waals surface area (Å²) in [6, 6.07) is 13.7. The fraction of sp³-hybridized carbons (Fsp3) is 0.211. The summed E-state index contributed by atoms with van der Waals surface area (Å²) in [6.07, 6.45) is 0. The van der Waals surface area contributed by atoms with E-state index in [1.807, 2.05) is 42.5 Å². The van der Waals surface area contributed by atoms with Crippen molar-refractivity contribution in [2.45, 2.75) is 6.92 Å². The Bertz CT molecular complexity index is 840. The van der Waals surface area contributed by atoms with Crippen LogP contribution in [0, 0.1) is 6.92 Å². The molecule has 3 rings (SSSR count). The second-order valence-corrected chi connectivity index (χ2v) is 6.42. The number of aromatic nitrogens is 1. The normalized spacial score (nSPS) is 10.5. The van der Waals surface area contributed by atoms with Crippen LogP contribution in [0.5, 0.6) is 17.2 Å². The summed E-state index contributed by atoms with van der Waals surface area (Å²) in [6.45, 7) is 2.07. The van der Waals surface area contributed by atoms with Crippen LogP contribution in [-0.4, -0.2) is 26.3 Å². The minimum atomic E-state index is 0.754. The summed E-state index contributed by atoms with van der Waals surface area (Å²) < 4.78 is 16.0. The SMILES string of the molecule is COc1ccc(-c2nc(-c3ccc(OC)cc3OC)c(C)s2)cc1. The molecular weight excluding hydrogens is 322 g/mol. The first-order chi connectivity index (χ1) is 11.7. The van der Waals surface area contributed by atoms with Gasteiger partial charge in [-0.15, -0.1) is 11.3 Å². The average Bonchev–Trinajstić information content (AvgIpc) is 3.02. The van der Waals surface area contributed by atoms with Crippen molar-refractivity contribution in [3.05, 3.63) is 47.3 Å². The van der Waals surface area contributed by atoms with E-state index in [1.54, 1.807) is 32.7 Å². The minimum absolute atomic E-state index is 0.754. The van der Waals surface area contributed by atoms with E-state index in [0.29, 0.717) is 0 Å². The molecule has 0 aliphatic carbocycles. The second kappa shape index (κ2) is 6.93. The van der Waals surface area contributed by atoms with Crippen molar-refractivity contribution in [3.63, 3.8) is 0 Å². The van der Waals surface area contributed by atoms with Crippen LogP contribution < -0.4 is 14.2 Å². The molecule has 2 aromatic carbocycles. The Kier molecular flexibility index (Phi) is 4.71. The summed E-state index contributed by atoms with van der Waals surface area (Å²) >= 11 is 1.67. The number of hydrogen-bond acceptors (Lipinski definition) is 5. The molecule has 3 aromatic rings. The van der Waals surface area contributed by atoms with E-state index in [9.17, 15) is 0 Å². The van der Waals surface area contributed by atoms with Gasteiger partial charge in [0, 0.05) is 22.1 Å². The number of methoxy groups -OCH3 is 3. The highest BCUT2D eigenvalue weighted by Crippen LogP contribution is 2.39. The fourth-order valence-electron chi connectivity index (χ4n) is 2.50. The van der Waals surface area contributed by atoms with Gasteiger partial charge in [0.2, 0.25) is 0 Å². The zero-order chi connectivity index (χ0) is 17.1. The molecule has 0 atom stereocenters. The van der Waals surface area contributed by atoms with Gasteiger partial charge in [-0.1, -0.05) is 0 Å². The molecule has 5 heteroatoms. The molecule has 0 N–H and O–H groups in total. The van der Waals surface area contributed by atoms with Crippen LogP contribution in [0.15, 0.2) is 42.5 Å². The molecule has 4 nitrogen and oxygen atoms in total. The topological polar surface area (TPSA) is 40.6 Å². The van der Waals surface area contributed by atoms with Gasteiger partial charge in [-0.25, -0.2) is 4.98 Å². The maximum atomic E-state index is 5.51. The predicted molar refractivity (Wildman–Crippen MR) is 97.4 cm³/mol. The van der Waals surface area contributed by atoms with Crippen molar-refractivity contribution in [3.8, 4) is 39.1 Å². The van der Waals surface area contributed by atoms with E-state index in [1.165, 1.54) is 0 Å². The van der Waals surface area contributed by atoms with Gasteiger partial charge in [0.25, 0.3) is 0 Å². The van der Waals surface area contributed by atoms with Gasteiger partial charge in [0.05, 0.1) is 27.0 Å². The van der Waals surface area contributed by atoms with Crippen LogP contribution in [0.25, 0.3) is 21.8 Å². The zero-order valence-electron chi connectivity index (χ0n) is 14.1. The lowest BCUT2D eigenvalue weighted by atomic mass is 10.1. The van der Waals surface area contributed by atoms with Gasteiger partial charge >= 0.3 is 0 Å². The van der Waals surface area contributed by atoms with Crippen molar-refractivity contribution in [2.75, 3.05) is 21.3 Å². The van der Waals surface area contributed by atoms with Crippen LogP contribution in [0.4, 0.5) is 0 Å². The second-order valence-electron chi connectivity index (χ2n) is 5.22. The van der Waals surface area contributed by atoms with Crippen LogP contribution in [-0.2, 0) is 0 Å². The van der Waals surface area contributed by atoms with E-state index < -0.39 is 0 Å². The van der Waals surface area contributed by atoms with Gasteiger partial charge in [-0.3, -0.25) is 0 Å². The number of benzene rings is 2. The molecule has 0 aliphatic rings. The number of nitrogens with zero attached hydrogens (tertiary/aromatic N) is 1. The quantitative estimate of drug-likeness (QED) is 0.668. The van der Waals surface area contributed by atoms with E-state index >= 15 is 0 Å². The maximum absolute atomic E-state index is 5.51. The van der Waals surface area contributed by atoms with Gasteiger partial charge in [-0.2, -0.15) is 0 Å². The molecule has 0 saturated carbocycles. The van der Waals surface area contributed by atoms with Crippen LogP contribution >= 0.6 is 11.3 Å². The Morgan fingerprint density at radius 2 is 1.50 bits per heavy atom. The fourth-order valence-corrected chi connectivity index (χ4v) is 3.43. The van der Waals surface area contributed by atoms with Crippen molar-refractivity contribution in [1.29, 1.82) is 0 Å². The van der Waals surface area contributed by atoms with Gasteiger partial charge in [0.1, 0.15) is 22.3 Å². The van der Waals surface area contributed by atoms with E-state index in [2.05, 4.69) is 6.92 Å². The monoisotopic (exact) mass is 341 g/mol. The third-order valence-corrected chi connectivity index (χ3v) is 4.82. The average molecular weight is 341 g/mol. The molecule has 0 bridgehead atoms. The standard InChI is InChI=1S/C19H19NO3S/c1-12-18(16-10-9-15(22-3)11-17(16)23-4)20-19(24-12)13-5-7-14(21-2)8-6-13/h5-11H,1-4H3. The molecule has 0 radical (unpaired) electrons. The highest BCUT2D eigenvalue weighted by atomic mass is 32.1. The molecule has 0 saturated heterocycles. The van der Waals surface area contributed by atoms with Crippen LogP contribution in [0.3, 0.4) is 0 Å². The van der Waals surface area contributed by atoms with Crippen LogP contribution in [0.1, 0.15) is 4.88 Å². The predicted octanol–water partition coefficient (Wildman–Crippen LogP) is 4.81. The summed E-state index contributed by atoms with van der Waals surface area (Å²) in [5, 5.41) is 0.975. The summed E-state index contributed by atoms with van der Waals surface area (Å²) in [5.74, 6) is 2.35. The largest absolute Gasteiger partial charge is 0.497 e. The first-order valence-corrected chi connectivity index (χ1v) is 8.32. The first kappa shape index (κ1) is 16.3. The highest BCUT2D eigenvalue weighted by Gasteiger charge is 2.16. The molecule has 0 unspecified atom stereocenters. The first-order valence-electron chi connectivity index (χ1n) is 7.50. The van der Waals surface area contributed by atoms with Crippen molar-refractivity contribution in [1.82, 2.24) is 4.98 Å². The molecule has 124 valence electrons. The summed E-state index contributed by atoms with van der Waals surface area (Å²) in [7, 11) is 4.96. The molecule has 0 fully saturated rings. The van der Waals surface area contributed by atoms with E-state index in [0.717, 1.165) is 44.0 Å². The number of hydrogen-bond donors (Lipinski definition) is 0. The van der Waals surface area contributed by atoms with Crippen molar-refractivity contribution in [2.24, 2.45) is 0 Å². The number of thiazole rings is 1. The van der Waals surface area contributed by atoms with Crippen molar-refractivity contribution < 1.29 is 14.2 Å². The maximum Gasteiger partial charge on any atom is 0.131 e. The molecule has 0 aliphatic heterocycles. The van der Waals surface area contributed by atoms with Gasteiger partial charge < -0.3 is 14.2 Å². The minimum Gasteiger partial charge on any atom is -0.497 e. The number of aryl methyl sites for hydroxylation is 1. The van der Waals surface area contributed by atoms with Gasteiger partial charge in [0.15, 0.2) is 0 Å². The third kappa shape index (κ3) is 3.08. The van der Waals surface area contributed by atoms with E-state index in [4.69, 9.17) is 19.2 Å². The molecule has 24 heavy (non-hydrogen) atoms. The summed E-state index contributed by atoms with van der Waals surface area (Å²) in [4.78, 5) is 5.97. The lowest BCUT2D eigenvalue weighted by molar-refractivity contribution is 0.395. The molecular formula is C19H19NO3S. The lowest BCUT2D eigenvalue weighted by Gasteiger charge is -2.09. The highest BCUT2D eigenvalue weighted by molar-refractivity contribution is 7.15. The zero-order valence-corrected chi connectivity index (χ0v) is 14.9. The smallest absolute Gasteiger partial charge is 0.131 e. The Balaban J connectivity index is 2.02. The molecule has 1 heterocycles. The Hall–Kier alpha value is -2.53. The Morgan fingerprint density at radius 3 is 2.12 bits per heavy atom. The van der Waals surface area contributed by atoms with E-state index in [-0.39, 0.29) is 0 Å². The molecule has 0 amide bonds. The Morgan fingerprint density at radius 1 is 0.833 bits per heavy atom. The van der Waals surface area contributed by atoms with Crippen molar-refractivity contribution >= 4 is 11.3 Å². The lowest BCUT2D eigenvalue weighted by Crippen LogP contribution is -1.91. The molecule has 0 spiro atoms. The number of rotatable bonds is 5. The Labute approximate surface area is 145 Å².